The van der Waals surface area contributed by atoms with Crippen molar-refractivity contribution >= 4 is 34.4 Å². The Morgan fingerprint density at radius 2 is 1.78 bits per heavy atom. The highest BCUT2D eigenvalue weighted by molar-refractivity contribution is 5.97. The summed E-state index contributed by atoms with van der Waals surface area (Å²) in [6, 6.07) is 17.9. The molecule has 0 saturated heterocycles. The van der Waals surface area contributed by atoms with Gasteiger partial charge in [-0.3, -0.25) is 5.10 Å². The van der Waals surface area contributed by atoms with Gasteiger partial charge in [-0.25, -0.2) is 14.8 Å². The predicted molar refractivity (Wildman–Crippen MR) is 126 cm³/mol. The molecule has 0 fully saturated rings. The van der Waals surface area contributed by atoms with Gasteiger partial charge >= 0.3 is 6.03 Å². The number of benzene rings is 2. The highest BCUT2D eigenvalue weighted by Crippen LogP contribution is 2.30. The molecule has 0 radical (unpaired) electrons. The minimum atomic E-state index is -0.125. The van der Waals surface area contributed by atoms with Crippen LogP contribution in [0.15, 0.2) is 60.9 Å². The van der Waals surface area contributed by atoms with Crippen LogP contribution in [0, 0.1) is 0 Å². The average Bonchev–Trinajstić information content (AvgIpc) is 3.22. The van der Waals surface area contributed by atoms with Gasteiger partial charge in [0, 0.05) is 32.4 Å². The van der Waals surface area contributed by atoms with E-state index in [1.807, 2.05) is 42.5 Å². The quantitative estimate of drug-likeness (QED) is 0.352. The van der Waals surface area contributed by atoms with Crippen LogP contribution in [0.2, 0.25) is 0 Å². The van der Waals surface area contributed by atoms with Crippen LogP contribution in [0.3, 0.4) is 0 Å². The van der Waals surface area contributed by atoms with Crippen molar-refractivity contribution in [3.63, 3.8) is 0 Å². The van der Waals surface area contributed by atoms with Crippen LogP contribution < -0.4 is 16.0 Å². The second kappa shape index (κ2) is 9.34. The third-order valence-electron chi connectivity index (χ3n) is 5.08. The van der Waals surface area contributed by atoms with Crippen LogP contribution in [0.5, 0.6) is 0 Å². The van der Waals surface area contributed by atoms with E-state index in [-0.39, 0.29) is 12.1 Å². The molecular formula is C23H26N8O. The van der Waals surface area contributed by atoms with Crippen molar-refractivity contribution in [1.82, 2.24) is 30.4 Å². The molecule has 2 aromatic heterocycles. The Morgan fingerprint density at radius 3 is 2.50 bits per heavy atom. The first-order valence-corrected chi connectivity index (χ1v) is 10.3. The topological polar surface area (TPSA) is 111 Å². The number of H-pyrrole nitrogens is 1. The Bertz CT molecular complexity index is 1190. The predicted octanol–water partition coefficient (Wildman–Crippen LogP) is 4.04. The molecule has 0 aliphatic carbocycles. The molecular weight excluding hydrogens is 404 g/mol. The lowest BCUT2D eigenvalue weighted by Gasteiger charge is -2.16. The van der Waals surface area contributed by atoms with Crippen molar-refractivity contribution in [2.75, 3.05) is 24.7 Å². The number of carbonyl (C=O) groups excluding carboxylic acids is 1. The molecule has 0 bridgehead atoms. The van der Waals surface area contributed by atoms with E-state index in [4.69, 9.17) is 0 Å². The van der Waals surface area contributed by atoms with Crippen LogP contribution >= 0.6 is 0 Å². The zero-order valence-corrected chi connectivity index (χ0v) is 18.3. The monoisotopic (exact) mass is 430 g/mol. The summed E-state index contributed by atoms with van der Waals surface area (Å²) < 4.78 is 0. The van der Waals surface area contributed by atoms with E-state index in [9.17, 15) is 4.79 Å². The number of aromatic nitrogens is 4. The van der Waals surface area contributed by atoms with Crippen molar-refractivity contribution in [2.24, 2.45) is 0 Å². The van der Waals surface area contributed by atoms with E-state index in [1.54, 1.807) is 14.1 Å². The fraction of sp³-hybridized carbons (Fsp3) is 0.217. The molecule has 4 aromatic rings. The summed E-state index contributed by atoms with van der Waals surface area (Å²) in [4.78, 5) is 21.9. The Kier molecular flexibility index (Phi) is 6.16. The molecule has 4 N–H and O–H groups in total. The molecule has 0 aliphatic rings. The molecule has 4 rings (SSSR count). The maximum absolute atomic E-state index is 11.7. The lowest BCUT2D eigenvalue weighted by Crippen LogP contribution is -2.33. The second-order valence-electron chi connectivity index (χ2n) is 7.67. The maximum atomic E-state index is 11.7. The smallest absolute Gasteiger partial charge is 0.317 e. The van der Waals surface area contributed by atoms with Gasteiger partial charge in [-0.05, 0) is 30.2 Å². The van der Waals surface area contributed by atoms with Crippen LogP contribution in [0.1, 0.15) is 24.1 Å². The molecule has 2 heterocycles. The summed E-state index contributed by atoms with van der Waals surface area (Å²) in [5.74, 6) is 1.34. The molecule has 164 valence electrons. The fourth-order valence-electron chi connectivity index (χ4n) is 3.27. The number of hydrogen-bond donors (Lipinski definition) is 4. The number of urea groups is 1. The van der Waals surface area contributed by atoms with E-state index in [0.717, 1.165) is 22.2 Å². The third-order valence-corrected chi connectivity index (χ3v) is 5.08. The summed E-state index contributed by atoms with van der Waals surface area (Å²) in [5.41, 5.74) is 3.68. The number of nitrogens with one attached hydrogen (secondary N) is 4. The van der Waals surface area contributed by atoms with Gasteiger partial charge in [-0.15, -0.1) is 0 Å². The maximum Gasteiger partial charge on any atom is 0.317 e. The lowest BCUT2D eigenvalue weighted by atomic mass is 10.1. The molecule has 0 spiro atoms. The Balaban J connectivity index is 1.51. The normalized spacial score (nSPS) is 11.7. The summed E-state index contributed by atoms with van der Waals surface area (Å²) in [6.45, 7) is 2.55. The van der Waals surface area contributed by atoms with E-state index in [1.165, 1.54) is 11.2 Å². The minimum Gasteiger partial charge on any atom is -0.363 e. The first kappa shape index (κ1) is 21.1. The number of aromatic amines is 1. The van der Waals surface area contributed by atoms with Gasteiger partial charge in [0.1, 0.15) is 17.5 Å². The molecule has 1 atom stereocenters. The van der Waals surface area contributed by atoms with E-state index >= 15 is 0 Å². The summed E-state index contributed by atoms with van der Waals surface area (Å²) in [5, 5.41) is 17.8. The largest absolute Gasteiger partial charge is 0.363 e. The average molecular weight is 431 g/mol. The standard InChI is InChI=1S/C23H26N8O/c1-15(17-7-5-4-6-8-17)27-20-19-21(26-14-25-20)29-30-22(19)28-18-11-9-16(10-12-18)13-24-23(32)31(2)3/h4-12,14-15H,13H2,1-3H3,(H,24,32)(H3,25,26,27,28,29,30)/t15-/m0/s1. The highest BCUT2D eigenvalue weighted by atomic mass is 16.2. The zero-order valence-electron chi connectivity index (χ0n) is 18.3. The Hall–Kier alpha value is -4.14. The van der Waals surface area contributed by atoms with Crippen molar-refractivity contribution in [3.8, 4) is 0 Å². The molecule has 0 unspecified atom stereocenters. The number of nitrogens with zero attached hydrogens (tertiary/aromatic N) is 4. The molecule has 9 heteroatoms. The SMILES string of the molecule is C[C@H](Nc1ncnc2[nH]nc(Nc3ccc(CNC(=O)N(C)C)cc3)c12)c1ccccc1. The fourth-order valence-corrected chi connectivity index (χ4v) is 3.27. The third kappa shape index (κ3) is 4.77. The Labute approximate surface area is 186 Å². The Morgan fingerprint density at radius 1 is 1.03 bits per heavy atom. The number of hydrogen-bond acceptors (Lipinski definition) is 6. The van der Waals surface area contributed by atoms with Crippen molar-refractivity contribution in [3.05, 3.63) is 72.1 Å². The van der Waals surface area contributed by atoms with Gasteiger partial charge < -0.3 is 20.9 Å². The first-order chi connectivity index (χ1) is 15.5. The minimum absolute atomic E-state index is 0.0636. The highest BCUT2D eigenvalue weighted by Gasteiger charge is 2.15. The molecule has 0 aliphatic heterocycles. The number of amides is 2. The number of carbonyl (C=O) groups is 1. The van der Waals surface area contributed by atoms with Gasteiger partial charge in [0.05, 0.1) is 0 Å². The second-order valence-corrected chi connectivity index (χ2v) is 7.67. The van der Waals surface area contributed by atoms with Crippen molar-refractivity contribution in [2.45, 2.75) is 19.5 Å². The van der Waals surface area contributed by atoms with Gasteiger partial charge in [0.15, 0.2) is 11.5 Å². The number of rotatable bonds is 7. The van der Waals surface area contributed by atoms with Gasteiger partial charge in [0.2, 0.25) is 0 Å². The van der Waals surface area contributed by atoms with Crippen LogP contribution in [0.25, 0.3) is 11.0 Å². The number of fused-ring (bicyclic) bond motifs is 1. The van der Waals surface area contributed by atoms with Crippen LogP contribution in [0.4, 0.5) is 22.1 Å². The van der Waals surface area contributed by atoms with Gasteiger partial charge in [-0.2, -0.15) is 5.10 Å². The zero-order chi connectivity index (χ0) is 22.5. The van der Waals surface area contributed by atoms with Crippen LogP contribution in [-0.4, -0.2) is 45.2 Å². The van der Waals surface area contributed by atoms with Crippen molar-refractivity contribution in [1.29, 1.82) is 0 Å². The van der Waals surface area contributed by atoms with Crippen LogP contribution in [-0.2, 0) is 6.54 Å². The summed E-state index contributed by atoms with van der Waals surface area (Å²) in [6.07, 6.45) is 1.52. The first-order valence-electron chi connectivity index (χ1n) is 10.3. The molecule has 9 nitrogen and oxygen atoms in total. The van der Waals surface area contributed by atoms with E-state index in [2.05, 4.69) is 55.2 Å². The van der Waals surface area contributed by atoms with E-state index in [0.29, 0.717) is 23.8 Å². The molecule has 32 heavy (non-hydrogen) atoms. The molecule has 2 amide bonds. The van der Waals surface area contributed by atoms with Crippen molar-refractivity contribution < 1.29 is 4.79 Å². The summed E-state index contributed by atoms with van der Waals surface area (Å²) in [7, 11) is 3.42. The number of anilines is 3. The van der Waals surface area contributed by atoms with Gasteiger partial charge in [-0.1, -0.05) is 42.5 Å². The van der Waals surface area contributed by atoms with Gasteiger partial charge in [0.25, 0.3) is 0 Å². The molecule has 2 aromatic carbocycles. The van der Waals surface area contributed by atoms with E-state index < -0.39 is 0 Å². The summed E-state index contributed by atoms with van der Waals surface area (Å²) >= 11 is 0. The lowest BCUT2D eigenvalue weighted by molar-refractivity contribution is 0.217. The molecule has 0 saturated carbocycles.